The number of carbonyl (C=O) groups excluding carboxylic acids is 1. The van der Waals surface area contributed by atoms with Crippen LogP contribution >= 0.6 is 0 Å². The molecule has 15 heavy (non-hydrogen) atoms. The van der Waals surface area contributed by atoms with E-state index in [-0.39, 0.29) is 18.2 Å². The molecule has 0 aromatic rings. The van der Waals surface area contributed by atoms with Crippen molar-refractivity contribution >= 4 is 11.9 Å². The summed E-state index contributed by atoms with van der Waals surface area (Å²) in [6, 6.07) is 0.398. The third kappa shape index (κ3) is 3.53. The molecule has 0 aromatic carbocycles. The Morgan fingerprint density at radius 1 is 1.40 bits per heavy atom. The molecule has 1 aliphatic rings. The van der Waals surface area contributed by atoms with Crippen LogP contribution in [0.4, 0.5) is 0 Å². The molecular weight excluding hydrogens is 194 g/mol. The number of amides is 1. The highest BCUT2D eigenvalue weighted by Gasteiger charge is 2.26. The van der Waals surface area contributed by atoms with E-state index in [0.717, 1.165) is 12.8 Å². The van der Waals surface area contributed by atoms with E-state index in [4.69, 9.17) is 5.11 Å². The van der Waals surface area contributed by atoms with Gasteiger partial charge in [0.15, 0.2) is 0 Å². The van der Waals surface area contributed by atoms with Gasteiger partial charge in [0.2, 0.25) is 5.91 Å². The zero-order valence-electron chi connectivity index (χ0n) is 9.40. The van der Waals surface area contributed by atoms with Crippen LogP contribution in [0.2, 0.25) is 0 Å². The van der Waals surface area contributed by atoms with Crippen LogP contribution in [0.25, 0.3) is 0 Å². The van der Waals surface area contributed by atoms with E-state index in [1.54, 1.807) is 11.8 Å². The Kier molecular flexibility index (Phi) is 4.12. The molecule has 1 amide bonds. The number of carboxylic acid groups (broad SMARTS) is 1. The highest BCUT2D eigenvalue weighted by atomic mass is 16.4. The van der Waals surface area contributed by atoms with Crippen LogP contribution in [0, 0.1) is 5.92 Å². The molecule has 0 saturated heterocycles. The van der Waals surface area contributed by atoms with Crippen LogP contribution in [0.1, 0.15) is 39.0 Å². The lowest BCUT2D eigenvalue weighted by molar-refractivity contribution is -0.139. The molecule has 0 bridgehead atoms. The zero-order valence-corrected chi connectivity index (χ0v) is 9.40. The van der Waals surface area contributed by atoms with Gasteiger partial charge in [-0.05, 0) is 25.2 Å². The van der Waals surface area contributed by atoms with Gasteiger partial charge in [0, 0.05) is 25.9 Å². The summed E-state index contributed by atoms with van der Waals surface area (Å²) in [5.74, 6) is -0.826. The highest BCUT2D eigenvalue weighted by Crippen LogP contribution is 2.24. The largest absolute Gasteiger partial charge is 0.481 e. The number of hydrogen-bond acceptors (Lipinski definition) is 2. The second kappa shape index (κ2) is 5.14. The van der Waals surface area contributed by atoms with Crippen molar-refractivity contribution in [2.24, 2.45) is 5.92 Å². The molecule has 0 radical (unpaired) electrons. The van der Waals surface area contributed by atoms with Crippen LogP contribution in [-0.4, -0.2) is 35.0 Å². The molecule has 1 aliphatic carbocycles. The lowest BCUT2D eigenvalue weighted by Crippen LogP contribution is -2.41. The van der Waals surface area contributed by atoms with Gasteiger partial charge in [-0.1, -0.05) is 6.92 Å². The monoisotopic (exact) mass is 213 g/mol. The van der Waals surface area contributed by atoms with Crippen molar-refractivity contribution in [3.05, 3.63) is 0 Å². The zero-order chi connectivity index (χ0) is 11.4. The van der Waals surface area contributed by atoms with Crippen molar-refractivity contribution in [2.45, 2.75) is 45.1 Å². The van der Waals surface area contributed by atoms with Gasteiger partial charge in [-0.3, -0.25) is 9.59 Å². The van der Waals surface area contributed by atoms with E-state index >= 15 is 0 Å². The smallest absolute Gasteiger partial charge is 0.303 e. The van der Waals surface area contributed by atoms with Crippen LogP contribution in [-0.2, 0) is 9.59 Å². The predicted octanol–water partition coefficient (Wildman–Crippen LogP) is 1.50. The molecule has 1 fully saturated rings. The van der Waals surface area contributed by atoms with E-state index in [1.165, 1.54) is 6.42 Å². The summed E-state index contributed by atoms with van der Waals surface area (Å²) < 4.78 is 0. The standard InChI is InChI=1S/C11H19NO3/c1-8(7-11(14)15)6-10(13)12(2)9-4-3-5-9/h8-9H,3-7H2,1-2H3,(H,14,15). The number of carbonyl (C=O) groups is 2. The van der Waals surface area contributed by atoms with Crippen molar-refractivity contribution < 1.29 is 14.7 Å². The average molecular weight is 213 g/mol. The van der Waals surface area contributed by atoms with Crippen LogP contribution in [0.15, 0.2) is 0 Å². The van der Waals surface area contributed by atoms with Crippen molar-refractivity contribution in [1.82, 2.24) is 4.90 Å². The molecular formula is C11H19NO3. The van der Waals surface area contributed by atoms with Gasteiger partial charge >= 0.3 is 5.97 Å². The maximum absolute atomic E-state index is 11.7. The Morgan fingerprint density at radius 2 is 2.00 bits per heavy atom. The van der Waals surface area contributed by atoms with E-state index in [9.17, 15) is 9.59 Å². The first-order valence-electron chi connectivity index (χ1n) is 5.48. The fraction of sp³-hybridized carbons (Fsp3) is 0.818. The summed E-state index contributed by atoms with van der Waals surface area (Å²) in [6.07, 6.45) is 3.81. The number of nitrogens with zero attached hydrogens (tertiary/aromatic N) is 1. The van der Waals surface area contributed by atoms with Crippen molar-refractivity contribution in [3.63, 3.8) is 0 Å². The average Bonchev–Trinajstić information content (AvgIpc) is 1.98. The van der Waals surface area contributed by atoms with E-state index in [0.29, 0.717) is 12.5 Å². The van der Waals surface area contributed by atoms with Crippen LogP contribution < -0.4 is 0 Å². The Hall–Kier alpha value is -1.06. The summed E-state index contributed by atoms with van der Waals surface area (Å²) in [7, 11) is 1.82. The summed E-state index contributed by atoms with van der Waals surface area (Å²) in [5, 5.41) is 8.58. The van der Waals surface area contributed by atoms with Gasteiger partial charge in [-0.15, -0.1) is 0 Å². The predicted molar refractivity (Wildman–Crippen MR) is 56.4 cm³/mol. The highest BCUT2D eigenvalue weighted by molar-refractivity contribution is 5.77. The Labute approximate surface area is 90.3 Å². The first-order chi connectivity index (χ1) is 7.00. The van der Waals surface area contributed by atoms with E-state index in [2.05, 4.69) is 0 Å². The first-order valence-corrected chi connectivity index (χ1v) is 5.48. The lowest BCUT2D eigenvalue weighted by Gasteiger charge is -2.35. The van der Waals surface area contributed by atoms with Gasteiger partial charge in [0.25, 0.3) is 0 Å². The molecule has 1 N–H and O–H groups in total. The SMILES string of the molecule is CC(CC(=O)O)CC(=O)N(C)C1CCC1. The molecule has 1 saturated carbocycles. The quantitative estimate of drug-likeness (QED) is 0.753. The van der Waals surface area contributed by atoms with E-state index in [1.807, 2.05) is 7.05 Å². The molecule has 0 aromatic heterocycles. The second-order valence-electron chi connectivity index (χ2n) is 4.50. The number of carboxylic acids is 1. The minimum atomic E-state index is -0.832. The van der Waals surface area contributed by atoms with Gasteiger partial charge in [0.05, 0.1) is 0 Å². The molecule has 0 heterocycles. The maximum Gasteiger partial charge on any atom is 0.303 e. The second-order valence-corrected chi connectivity index (χ2v) is 4.50. The topological polar surface area (TPSA) is 57.6 Å². The van der Waals surface area contributed by atoms with Crippen LogP contribution in [0.5, 0.6) is 0 Å². The van der Waals surface area contributed by atoms with Gasteiger partial charge in [-0.25, -0.2) is 0 Å². The van der Waals surface area contributed by atoms with Crippen molar-refractivity contribution in [1.29, 1.82) is 0 Å². The van der Waals surface area contributed by atoms with Crippen molar-refractivity contribution in [2.75, 3.05) is 7.05 Å². The number of aliphatic carboxylic acids is 1. The lowest BCUT2D eigenvalue weighted by atomic mass is 9.91. The van der Waals surface area contributed by atoms with Crippen molar-refractivity contribution in [3.8, 4) is 0 Å². The molecule has 4 heteroatoms. The molecule has 1 atom stereocenters. The van der Waals surface area contributed by atoms with Gasteiger partial charge in [0.1, 0.15) is 0 Å². The number of hydrogen-bond donors (Lipinski definition) is 1. The van der Waals surface area contributed by atoms with Crippen LogP contribution in [0.3, 0.4) is 0 Å². The molecule has 4 nitrogen and oxygen atoms in total. The summed E-state index contributed by atoms with van der Waals surface area (Å²) in [6.45, 7) is 1.81. The molecule has 86 valence electrons. The Balaban J connectivity index is 2.30. The number of rotatable bonds is 5. The minimum absolute atomic E-state index is 0.0717. The molecule has 1 unspecified atom stereocenters. The molecule has 1 rings (SSSR count). The minimum Gasteiger partial charge on any atom is -0.481 e. The molecule has 0 spiro atoms. The molecule has 0 aliphatic heterocycles. The Morgan fingerprint density at radius 3 is 2.40 bits per heavy atom. The fourth-order valence-corrected chi connectivity index (χ4v) is 1.79. The van der Waals surface area contributed by atoms with Gasteiger partial charge in [-0.2, -0.15) is 0 Å². The summed E-state index contributed by atoms with van der Waals surface area (Å²) >= 11 is 0. The maximum atomic E-state index is 11.7. The van der Waals surface area contributed by atoms with E-state index < -0.39 is 5.97 Å². The Bertz CT molecular complexity index is 248. The summed E-state index contributed by atoms with van der Waals surface area (Å²) in [4.78, 5) is 23.9. The normalized spacial score (nSPS) is 18.0. The van der Waals surface area contributed by atoms with Gasteiger partial charge < -0.3 is 10.0 Å². The fourth-order valence-electron chi connectivity index (χ4n) is 1.79. The third-order valence-corrected chi connectivity index (χ3v) is 3.06. The summed E-state index contributed by atoms with van der Waals surface area (Å²) in [5.41, 5.74) is 0. The third-order valence-electron chi connectivity index (χ3n) is 3.06. The first kappa shape index (κ1) is 12.0.